The summed E-state index contributed by atoms with van der Waals surface area (Å²) in [6, 6.07) is 75.3. The van der Waals surface area contributed by atoms with E-state index in [4.69, 9.17) is 8.83 Å². The third-order valence-electron chi connectivity index (χ3n) is 12.9. The van der Waals surface area contributed by atoms with Crippen LogP contribution in [-0.4, -0.2) is 0 Å². The first-order valence-electron chi connectivity index (χ1n) is 20.3. The van der Waals surface area contributed by atoms with Gasteiger partial charge in [-0.25, -0.2) is 0 Å². The molecule has 2 heterocycles. The monoisotopic (exact) mass is 750 g/mol. The molecule has 0 saturated heterocycles. The molecule has 0 bridgehead atoms. The van der Waals surface area contributed by atoms with Gasteiger partial charge in [0.25, 0.3) is 0 Å². The molecule has 0 N–H and O–H groups in total. The van der Waals surface area contributed by atoms with E-state index in [0.717, 1.165) is 60.4 Å². The molecule has 13 rings (SSSR count). The molecule has 10 aromatic carbocycles. The molecule has 0 aliphatic heterocycles. The smallest absolute Gasteiger partial charge is 0.143 e. The molecule has 59 heavy (non-hydrogen) atoms. The molecule has 0 unspecified atom stereocenters. The first kappa shape index (κ1) is 32.4. The van der Waals surface area contributed by atoms with Crippen molar-refractivity contribution in [1.29, 1.82) is 0 Å². The van der Waals surface area contributed by atoms with Crippen LogP contribution in [0.15, 0.2) is 215 Å². The lowest BCUT2D eigenvalue weighted by molar-refractivity contribution is 0.669. The third-order valence-corrected chi connectivity index (χ3v) is 12.9. The fraction of sp³-hybridized carbons (Fsp3) is 0.0175. The van der Waals surface area contributed by atoms with Gasteiger partial charge < -0.3 is 8.83 Å². The number of benzene rings is 10. The molecule has 2 aromatic heterocycles. The molecule has 0 amide bonds. The van der Waals surface area contributed by atoms with E-state index in [0.29, 0.717) is 0 Å². The van der Waals surface area contributed by atoms with Crippen molar-refractivity contribution in [2.24, 2.45) is 0 Å². The summed E-state index contributed by atoms with van der Waals surface area (Å²) in [6.07, 6.45) is 0. The minimum absolute atomic E-state index is 0.554. The van der Waals surface area contributed by atoms with E-state index >= 15 is 0 Å². The number of hydrogen-bond donors (Lipinski definition) is 0. The van der Waals surface area contributed by atoms with E-state index in [2.05, 4.69) is 200 Å². The molecule has 274 valence electrons. The van der Waals surface area contributed by atoms with Gasteiger partial charge in [-0.05, 0) is 114 Å². The van der Waals surface area contributed by atoms with Gasteiger partial charge in [-0.2, -0.15) is 0 Å². The van der Waals surface area contributed by atoms with Crippen molar-refractivity contribution in [1.82, 2.24) is 0 Å². The highest BCUT2D eigenvalue weighted by Gasteiger charge is 2.47. The predicted octanol–water partition coefficient (Wildman–Crippen LogP) is 15.5. The Kier molecular flexibility index (Phi) is 6.68. The van der Waals surface area contributed by atoms with Crippen LogP contribution in [0.1, 0.15) is 22.3 Å². The Bertz CT molecular complexity index is 3620. The van der Waals surface area contributed by atoms with Crippen LogP contribution in [0.25, 0.3) is 98.8 Å². The zero-order valence-electron chi connectivity index (χ0n) is 31.9. The Morgan fingerprint density at radius 3 is 1.83 bits per heavy atom. The van der Waals surface area contributed by atoms with Crippen LogP contribution in [-0.2, 0) is 5.41 Å². The molecule has 2 heteroatoms. The molecule has 0 saturated carbocycles. The third kappa shape index (κ3) is 4.46. The van der Waals surface area contributed by atoms with Gasteiger partial charge in [0.1, 0.15) is 22.3 Å². The number of para-hydroxylation sites is 1. The van der Waals surface area contributed by atoms with Crippen molar-refractivity contribution in [2.75, 3.05) is 0 Å². The first-order valence-corrected chi connectivity index (χ1v) is 20.3. The maximum absolute atomic E-state index is 6.67. The maximum Gasteiger partial charge on any atom is 0.143 e. The summed E-state index contributed by atoms with van der Waals surface area (Å²) < 4.78 is 13.0. The highest BCUT2D eigenvalue weighted by Crippen LogP contribution is 2.60. The van der Waals surface area contributed by atoms with E-state index in [1.807, 2.05) is 6.07 Å². The molecule has 0 fully saturated rings. The average Bonchev–Trinajstić information content (AvgIpc) is 3.97. The van der Waals surface area contributed by atoms with Crippen LogP contribution in [0.4, 0.5) is 0 Å². The summed E-state index contributed by atoms with van der Waals surface area (Å²) in [5.74, 6) is 0. The summed E-state index contributed by atoms with van der Waals surface area (Å²) in [6.45, 7) is 0. The SMILES string of the molecule is c1ccc(C2(c3ccccc3)c3ccccc3-c3c2cc2cc(-c4cccc5oc6c7ccccc7ccc6c45)ccc2c3-c2ccc3oc4ccccc4c3c2)cc1. The molecule has 0 spiro atoms. The molecule has 1 aliphatic rings. The zero-order chi connectivity index (χ0) is 38.7. The van der Waals surface area contributed by atoms with Crippen molar-refractivity contribution >= 4 is 65.4 Å². The van der Waals surface area contributed by atoms with Crippen molar-refractivity contribution in [3.63, 3.8) is 0 Å². The van der Waals surface area contributed by atoms with E-state index in [-0.39, 0.29) is 0 Å². The van der Waals surface area contributed by atoms with Crippen molar-refractivity contribution in [2.45, 2.75) is 5.41 Å². The summed E-state index contributed by atoms with van der Waals surface area (Å²) in [7, 11) is 0. The summed E-state index contributed by atoms with van der Waals surface area (Å²) in [5, 5.41) is 9.22. The molecule has 12 aromatic rings. The molecule has 1 aliphatic carbocycles. The fourth-order valence-electron chi connectivity index (χ4n) is 10.5. The predicted molar refractivity (Wildman–Crippen MR) is 244 cm³/mol. The van der Waals surface area contributed by atoms with Gasteiger partial charge in [0.05, 0.1) is 5.41 Å². The summed E-state index contributed by atoms with van der Waals surface area (Å²) in [4.78, 5) is 0. The van der Waals surface area contributed by atoms with Gasteiger partial charge in [0.2, 0.25) is 0 Å². The minimum atomic E-state index is -0.554. The van der Waals surface area contributed by atoms with Gasteiger partial charge in [-0.15, -0.1) is 0 Å². The van der Waals surface area contributed by atoms with E-state index in [9.17, 15) is 0 Å². The van der Waals surface area contributed by atoms with Gasteiger partial charge >= 0.3 is 0 Å². The van der Waals surface area contributed by atoms with E-state index in [1.165, 1.54) is 60.7 Å². The maximum atomic E-state index is 6.67. The lowest BCUT2D eigenvalue weighted by Gasteiger charge is -2.34. The van der Waals surface area contributed by atoms with Crippen LogP contribution < -0.4 is 0 Å². The van der Waals surface area contributed by atoms with Crippen molar-refractivity contribution in [3.05, 3.63) is 229 Å². The fourth-order valence-corrected chi connectivity index (χ4v) is 10.5. The quantitative estimate of drug-likeness (QED) is 0.179. The molecule has 2 nitrogen and oxygen atoms in total. The lowest BCUT2D eigenvalue weighted by atomic mass is 9.67. The zero-order valence-corrected chi connectivity index (χ0v) is 31.9. The van der Waals surface area contributed by atoms with Gasteiger partial charge in [0.15, 0.2) is 0 Å². The summed E-state index contributed by atoms with van der Waals surface area (Å²) >= 11 is 0. The molecular formula is C57H34O2. The highest BCUT2D eigenvalue weighted by atomic mass is 16.3. The van der Waals surface area contributed by atoms with Crippen LogP contribution in [0.3, 0.4) is 0 Å². The Hall–Kier alpha value is -7.68. The van der Waals surface area contributed by atoms with Gasteiger partial charge in [-0.3, -0.25) is 0 Å². The van der Waals surface area contributed by atoms with Crippen LogP contribution >= 0.6 is 0 Å². The first-order chi connectivity index (χ1) is 29.3. The topological polar surface area (TPSA) is 26.3 Å². The highest BCUT2D eigenvalue weighted by molar-refractivity contribution is 6.20. The van der Waals surface area contributed by atoms with Crippen LogP contribution in [0.2, 0.25) is 0 Å². The van der Waals surface area contributed by atoms with Crippen LogP contribution in [0, 0.1) is 0 Å². The van der Waals surface area contributed by atoms with E-state index < -0.39 is 5.41 Å². The molecule has 0 atom stereocenters. The second kappa shape index (κ2) is 12.2. The van der Waals surface area contributed by atoms with Gasteiger partial charge in [0, 0.05) is 26.9 Å². The van der Waals surface area contributed by atoms with Gasteiger partial charge in [-0.1, -0.05) is 164 Å². The lowest BCUT2D eigenvalue weighted by Crippen LogP contribution is -2.28. The molecule has 0 radical (unpaired) electrons. The Labute approximate surface area is 340 Å². The summed E-state index contributed by atoms with van der Waals surface area (Å²) in [5.41, 5.74) is 15.4. The number of fused-ring (bicyclic) bond motifs is 12. The molecular weight excluding hydrogens is 717 g/mol. The van der Waals surface area contributed by atoms with E-state index in [1.54, 1.807) is 0 Å². The standard InChI is InChI=1S/C57H34O2/c1-3-15-39(16-4-1)57(40-17-5-2-6-18-40)48-23-11-9-21-45(48)55-49(57)34-38-32-36(41-22-13-25-52-54(41)46-30-26-35-14-7-8-19-43(35)56(46)59-52)27-29-42(38)53(55)37-28-31-51-47(33-37)44-20-10-12-24-50(44)58-51/h1-34H. The second-order valence-electron chi connectivity index (χ2n) is 15.9. The Morgan fingerprint density at radius 1 is 0.322 bits per heavy atom. The Balaban J connectivity index is 1.16. The van der Waals surface area contributed by atoms with Crippen LogP contribution in [0.5, 0.6) is 0 Å². The van der Waals surface area contributed by atoms with Crippen molar-refractivity contribution < 1.29 is 8.83 Å². The Morgan fingerprint density at radius 2 is 0.983 bits per heavy atom. The number of rotatable bonds is 4. The van der Waals surface area contributed by atoms with Crippen molar-refractivity contribution in [3.8, 4) is 33.4 Å². The largest absolute Gasteiger partial charge is 0.456 e. The second-order valence-corrected chi connectivity index (χ2v) is 15.9. The minimum Gasteiger partial charge on any atom is -0.456 e. The number of furan rings is 2. The average molecular weight is 751 g/mol. The normalized spacial score (nSPS) is 13.2. The number of hydrogen-bond acceptors (Lipinski definition) is 2.